The molecule has 3 aromatic carbocycles. The number of carbonyl (C=O) groups is 2. The molecule has 1 N–H and O–H groups in total. The van der Waals surface area contributed by atoms with Crippen molar-refractivity contribution in [3.8, 4) is 0 Å². The summed E-state index contributed by atoms with van der Waals surface area (Å²) in [5, 5.41) is 3.84. The molecule has 0 fully saturated rings. The highest BCUT2D eigenvalue weighted by Crippen LogP contribution is 2.33. The molecule has 3 aromatic rings. The van der Waals surface area contributed by atoms with Gasteiger partial charge in [0.15, 0.2) is 11.6 Å². The van der Waals surface area contributed by atoms with Gasteiger partial charge >= 0.3 is 0 Å². The third-order valence-corrected chi connectivity index (χ3v) is 4.33. The Balaban J connectivity index is 1.83. The van der Waals surface area contributed by atoms with E-state index in [0.717, 1.165) is 5.69 Å². The summed E-state index contributed by atoms with van der Waals surface area (Å²) in [6, 6.07) is 19.4. The highest BCUT2D eigenvalue weighted by Gasteiger charge is 2.31. The predicted molar refractivity (Wildman–Crippen MR) is 94.5 cm³/mol. The van der Waals surface area contributed by atoms with Gasteiger partial charge < -0.3 is 5.32 Å². The van der Waals surface area contributed by atoms with Gasteiger partial charge in [-0.15, -0.1) is 0 Å². The summed E-state index contributed by atoms with van der Waals surface area (Å²) in [4.78, 5) is 25.6. The fourth-order valence-electron chi connectivity index (χ4n) is 2.94. The van der Waals surface area contributed by atoms with Gasteiger partial charge in [-0.1, -0.05) is 48.0 Å². The molecule has 0 spiro atoms. The molecule has 24 heavy (non-hydrogen) atoms. The van der Waals surface area contributed by atoms with E-state index in [-0.39, 0.29) is 11.6 Å². The maximum absolute atomic E-state index is 12.9. The number of nitrogens with one attached hydrogen (secondary N) is 1. The molecule has 4 rings (SSSR count). The monoisotopic (exact) mass is 333 g/mol. The van der Waals surface area contributed by atoms with Crippen LogP contribution in [0.3, 0.4) is 0 Å². The van der Waals surface area contributed by atoms with Crippen LogP contribution in [-0.2, 0) is 0 Å². The fraction of sp³-hybridized carbons (Fsp3) is 0. The van der Waals surface area contributed by atoms with Crippen LogP contribution in [-0.4, -0.2) is 11.6 Å². The Morgan fingerprint density at radius 3 is 2.00 bits per heavy atom. The molecule has 3 nitrogen and oxygen atoms in total. The lowest BCUT2D eigenvalue weighted by Crippen LogP contribution is -2.21. The molecule has 0 heterocycles. The molecule has 116 valence electrons. The number of ketones is 2. The number of hydrogen-bond acceptors (Lipinski definition) is 3. The van der Waals surface area contributed by atoms with Crippen LogP contribution in [0.2, 0.25) is 5.02 Å². The summed E-state index contributed by atoms with van der Waals surface area (Å²) in [6.07, 6.45) is 0. The Hall–Kier alpha value is -2.91. The normalized spacial score (nSPS) is 12.5. The third-order valence-electron chi connectivity index (χ3n) is 4.08. The largest absolute Gasteiger partial charge is 0.355 e. The number of benzene rings is 3. The number of rotatable bonds is 2. The second-order valence-corrected chi connectivity index (χ2v) is 6.00. The average Bonchev–Trinajstić information content (AvgIpc) is 2.61. The Labute approximate surface area is 143 Å². The van der Waals surface area contributed by atoms with Crippen molar-refractivity contribution in [3.63, 3.8) is 0 Å². The van der Waals surface area contributed by atoms with Gasteiger partial charge in [-0.25, -0.2) is 0 Å². The highest BCUT2D eigenvalue weighted by molar-refractivity contribution is 6.31. The van der Waals surface area contributed by atoms with Crippen LogP contribution < -0.4 is 5.32 Å². The quantitative estimate of drug-likeness (QED) is 0.570. The van der Waals surface area contributed by atoms with Gasteiger partial charge in [-0.2, -0.15) is 0 Å². The standard InChI is InChI=1S/C20H12ClNO2/c21-12-8-10-13(11-9-12)22-17-7-3-6-16-18(17)20(24)15-5-2-1-4-14(15)19(16)23/h1-11,22H. The van der Waals surface area contributed by atoms with Crippen molar-refractivity contribution >= 4 is 34.5 Å². The molecule has 1 aliphatic rings. The van der Waals surface area contributed by atoms with Crippen LogP contribution in [0.25, 0.3) is 0 Å². The first-order valence-corrected chi connectivity index (χ1v) is 7.87. The Morgan fingerprint density at radius 1 is 0.667 bits per heavy atom. The zero-order valence-electron chi connectivity index (χ0n) is 12.5. The van der Waals surface area contributed by atoms with E-state index >= 15 is 0 Å². The molecule has 4 heteroatoms. The maximum Gasteiger partial charge on any atom is 0.196 e. The first-order valence-electron chi connectivity index (χ1n) is 7.49. The summed E-state index contributed by atoms with van der Waals surface area (Å²) in [5.41, 5.74) is 3.15. The summed E-state index contributed by atoms with van der Waals surface area (Å²) in [5.74, 6) is -0.266. The molecule has 0 bridgehead atoms. The summed E-state index contributed by atoms with van der Waals surface area (Å²) < 4.78 is 0. The van der Waals surface area contributed by atoms with Gasteiger partial charge in [-0.05, 0) is 30.3 Å². The first-order chi connectivity index (χ1) is 11.6. The van der Waals surface area contributed by atoms with Gasteiger partial charge in [0.25, 0.3) is 0 Å². The number of halogens is 1. The average molecular weight is 334 g/mol. The van der Waals surface area contributed by atoms with E-state index in [9.17, 15) is 9.59 Å². The van der Waals surface area contributed by atoms with Gasteiger partial charge in [0.05, 0.1) is 11.3 Å². The maximum atomic E-state index is 12.9. The van der Waals surface area contributed by atoms with Gasteiger partial charge in [-0.3, -0.25) is 9.59 Å². The van der Waals surface area contributed by atoms with Crippen molar-refractivity contribution in [1.29, 1.82) is 0 Å². The van der Waals surface area contributed by atoms with E-state index in [4.69, 9.17) is 11.6 Å². The van der Waals surface area contributed by atoms with E-state index in [1.165, 1.54) is 0 Å². The molecular formula is C20H12ClNO2. The zero-order chi connectivity index (χ0) is 16.7. The molecule has 0 saturated heterocycles. The van der Waals surface area contributed by atoms with Crippen molar-refractivity contribution in [1.82, 2.24) is 0 Å². The van der Waals surface area contributed by atoms with Crippen molar-refractivity contribution in [2.24, 2.45) is 0 Å². The van der Waals surface area contributed by atoms with Crippen LogP contribution in [0, 0.1) is 0 Å². The molecule has 0 radical (unpaired) electrons. The fourth-order valence-corrected chi connectivity index (χ4v) is 3.06. The van der Waals surface area contributed by atoms with Gasteiger partial charge in [0, 0.05) is 27.4 Å². The van der Waals surface area contributed by atoms with Crippen LogP contribution in [0.5, 0.6) is 0 Å². The number of carbonyl (C=O) groups excluding carboxylic acids is 2. The molecule has 0 aliphatic heterocycles. The molecule has 0 atom stereocenters. The molecular weight excluding hydrogens is 322 g/mol. The zero-order valence-corrected chi connectivity index (χ0v) is 13.3. The summed E-state index contributed by atoms with van der Waals surface area (Å²) in [6.45, 7) is 0. The highest BCUT2D eigenvalue weighted by atomic mass is 35.5. The first kappa shape index (κ1) is 14.7. The predicted octanol–water partition coefficient (Wildman–Crippen LogP) is 4.86. The molecule has 0 aromatic heterocycles. The van der Waals surface area contributed by atoms with Crippen LogP contribution in [0.4, 0.5) is 11.4 Å². The number of hydrogen-bond donors (Lipinski definition) is 1. The lowest BCUT2D eigenvalue weighted by Gasteiger charge is -2.20. The molecule has 0 saturated carbocycles. The smallest absolute Gasteiger partial charge is 0.196 e. The van der Waals surface area contributed by atoms with Gasteiger partial charge in [0.1, 0.15) is 0 Å². The minimum Gasteiger partial charge on any atom is -0.355 e. The molecule has 1 aliphatic carbocycles. The Kier molecular flexibility index (Phi) is 3.44. The molecule has 0 amide bonds. The topological polar surface area (TPSA) is 46.2 Å². The second-order valence-electron chi connectivity index (χ2n) is 5.56. The lowest BCUT2D eigenvalue weighted by molar-refractivity contribution is 0.0979. The lowest BCUT2D eigenvalue weighted by atomic mass is 9.83. The van der Waals surface area contributed by atoms with Crippen LogP contribution in [0.15, 0.2) is 66.7 Å². The Morgan fingerprint density at radius 2 is 1.29 bits per heavy atom. The second kappa shape index (κ2) is 5.62. The van der Waals surface area contributed by atoms with Crippen molar-refractivity contribution in [3.05, 3.63) is 94.0 Å². The van der Waals surface area contributed by atoms with E-state index in [2.05, 4.69) is 5.32 Å². The minimum atomic E-state index is -0.141. The van der Waals surface area contributed by atoms with E-state index < -0.39 is 0 Å². The number of anilines is 2. The molecule has 0 unspecified atom stereocenters. The minimum absolute atomic E-state index is 0.125. The third kappa shape index (κ3) is 2.30. The number of fused-ring (bicyclic) bond motifs is 2. The SMILES string of the molecule is O=C1c2ccccc2C(=O)c2c(Nc3ccc(Cl)cc3)cccc21. The summed E-state index contributed by atoms with van der Waals surface area (Å²) in [7, 11) is 0. The Bertz CT molecular complexity index is 977. The van der Waals surface area contributed by atoms with E-state index in [1.807, 2.05) is 12.1 Å². The van der Waals surface area contributed by atoms with Gasteiger partial charge in [0.2, 0.25) is 0 Å². The van der Waals surface area contributed by atoms with Crippen molar-refractivity contribution < 1.29 is 9.59 Å². The summed E-state index contributed by atoms with van der Waals surface area (Å²) >= 11 is 5.90. The van der Waals surface area contributed by atoms with Crippen LogP contribution in [0.1, 0.15) is 31.8 Å². The van der Waals surface area contributed by atoms with Crippen LogP contribution >= 0.6 is 11.6 Å². The van der Waals surface area contributed by atoms with E-state index in [0.29, 0.717) is 33.0 Å². The van der Waals surface area contributed by atoms with Crippen molar-refractivity contribution in [2.75, 3.05) is 5.32 Å². The van der Waals surface area contributed by atoms with E-state index in [1.54, 1.807) is 54.6 Å². The van der Waals surface area contributed by atoms with Crippen molar-refractivity contribution in [2.45, 2.75) is 0 Å².